The molecule has 1 heterocycles. The van der Waals surface area contributed by atoms with Crippen LogP contribution in [-0.4, -0.2) is 15.2 Å². The van der Waals surface area contributed by atoms with Gasteiger partial charge < -0.3 is 10.2 Å². The number of nitrogens with zero attached hydrogens (tertiary/aromatic N) is 1. The van der Waals surface area contributed by atoms with Gasteiger partial charge >= 0.3 is 0 Å². The van der Waals surface area contributed by atoms with Gasteiger partial charge in [0.05, 0.1) is 12.1 Å². The lowest BCUT2D eigenvalue weighted by molar-refractivity contribution is 0.282. The van der Waals surface area contributed by atoms with Crippen molar-refractivity contribution in [2.75, 3.05) is 0 Å². The van der Waals surface area contributed by atoms with Crippen molar-refractivity contribution in [1.29, 1.82) is 0 Å². The predicted octanol–water partition coefficient (Wildman–Crippen LogP) is 1.74. The Morgan fingerprint density at radius 1 is 1.36 bits per heavy atom. The molecule has 0 aliphatic rings. The van der Waals surface area contributed by atoms with Crippen molar-refractivity contribution in [3.8, 4) is 5.75 Å². The molecule has 2 N–H and O–H groups in total. The van der Waals surface area contributed by atoms with Crippen LogP contribution in [0, 0.1) is 6.92 Å². The quantitative estimate of drug-likeness (QED) is 0.718. The molecule has 0 aliphatic carbocycles. The SMILES string of the molecule is Cc1cnc2ccc(O)cc2c1CO. The van der Waals surface area contributed by atoms with Crippen LogP contribution in [0.4, 0.5) is 0 Å². The first-order valence-corrected chi connectivity index (χ1v) is 4.40. The van der Waals surface area contributed by atoms with E-state index in [1.165, 1.54) is 0 Å². The topological polar surface area (TPSA) is 53.4 Å². The van der Waals surface area contributed by atoms with Gasteiger partial charge in [-0.1, -0.05) is 0 Å². The third-order valence-electron chi connectivity index (χ3n) is 2.34. The highest BCUT2D eigenvalue weighted by Crippen LogP contribution is 2.23. The third-order valence-corrected chi connectivity index (χ3v) is 2.34. The van der Waals surface area contributed by atoms with Crippen LogP contribution < -0.4 is 0 Å². The molecule has 3 heteroatoms. The maximum atomic E-state index is 9.33. The number of hydrogen-bond donors (Lipinski definition) is 2. The van der Waals surface area contributed by atoms with Gasteiger partial charge in [-0.3, -0.25) is 4.98 Å². The van der Waals surface area contributed by atoms with Crippen molar-refractivity contribution < 1.29 is 10.2 Å². The van der Waals surface area contributed by atoms with Crippen LogP contribution in [0.25, 0.3) is 10.9 Å². The Morgan fingerprint density at radius 3 is 2.86 bits per heavy atom. The summed E-state index contributed by atoms with van der Waals surface area (Å²) in [5, 5.41) is 19.3. The van der Waals surface area contributed by atoms with E-state index in [0.29, 0.717) is 0 Å². The van der Waals surface area contributed by atoms with Crippen LogP contribution >= 0.6 is 0 Å². The van der Waals surface area contributed by atoms with Gasteiger partial charge in [0, 0.05) is 11.6 Å². The minimum absolute atomic E-state index is 0.0334. The normalized spacial score (nSPS) is 10.7. The smallest absolute Gasteiger partial charge is 0.116 e. The maximum absolute atomic E-state index is 9.33. The van der Waals surface area contributed by atoms with Crippen LogP contribution in [0.2, 0.25) is 0 Å². The number of aryl methyl sites for hydroxylation is 1. The Hall–Kier alpha value is -1.61. The molecule has 0 unspecified atom stereocenters. The highest BCUT2D eigenvalue weighted by atomic mass is 16.3. The summed E-state index contributed by atoms with van der Waals surface area (Å²) in [4.78, 5) is 4.21. The number of aliphatic hydroxyl groups is 1. The van der Waals surface area contributed by atoms with Crippen LogP contribution in [-0.2, 0) is 6.61 Å². The second-order valence-corrected chi connectivity index (χ2v) is 3.28. The largest absolute Gasteiger partial charge is 0.508 e. The monoisotopic (exact) mass is 189 g/mol. The molecule has 0 saturated heterocycles. The molecule has 1 aromatic carbocycles. The molecule has 0 spiro atoms. The zero-order valence-corrected chi connectivity index (χ0v) is 7.86. The Labute approximate surface area is 81.7 Å². The van der Waals surface area contributed by atoms with Gasteiger partial charge in [-0.2, -0.15) is 0 Å². The molecule has 0 atom stereocenters. The lowest BCUT2D eigenvalue weighted by Gasteiger charge is -2.06. The first-order chi connectivity index (χ1) is 6.72. The average Bonchev–Trinajstić information content (AvgIpc) is 2.17. The van der Waals surface area contributed by atoms with Gasteiger partial charge in [0.2, 0.25) is 0 Å². The fourth-order valence-corrected chi connectivity index (χ4v) is 1.54. The molecule has 0 fully saturated rings. The van der Waals surface area contributed by atoms with E-state index in [4.69, 9.17) is 0 Å². The number of aromatic hydroxyl groups is 1. The Balaban J connectivity index is 2.84. The minimum atomic E-state index is -0.0334. The van der Waals surface area contributed by atoms with Gasteiger partial charge in [0.25, 0.3) is 0 Å². The number of benzene rings is 1. The molecule has 2 rings (SSSR count). The highest BCUT2D eigenvalue weighted by molar-refractivity contribution is 5.84. The molecule has 14 heavy (non-hydrogen) atoms. The maximum Gasteiger partial charge on any atom is 0.116 e. The van der Waals surface area contributed by atoms with Crippen molar-refractivity contribution in [3.63, 3.8) is 0 Å². The lowest BCUT2D eigenvalue weighted by Crippen LogP contribution is -1.92. The molecule has 0 aliphatic heterocycles. The first-order valence-electron chi connectivity index (χ1n) is 4.40. The van der Waals surface area contributed by atoms with E-state index in [1.54, 1.807) is 24.4 Å². The average molecular weight is 189 g/mol. The van der Waals surface area contributed by atoms with Crippen LogP contribution in [0.15, 0.2) is 24.4 Å². The zero-order chi connectivity index (χ0) is 10.1. The Bertz CT molecular complexity index is 475. The number of phenols is 1. The second kappa shape index (κ2) is 3.27. The summed E-state index contributed by atoms with van der Waals surface area (Å²) >= 11 is 0. The molecular weight excluding hydrogens is 178 g/mol. The van der Waals surface area contributed by atoms with Crippen molar-refractivity contribution in [3.05, 3.63) is 35.5 Å². The molecular formula is C11H11NO2. The lowest BCUT2D eigenvalue weighted by atomic mass is 10.1. The molecule has 72 valence electrons. The van der Waals surface area contributed by atoms with Crippen LogP contribution in [0.5, 0.6) is 5.75 Å². The van der Waals surface area contributed by atoms with Crippen molar-refractivity contribution in [2.45, 2.75) is 13.5 Å². The zero-order valence-electron chi connectivity index (χ0n) is 7.86. The van der Waals surface area contributed by atoms with E-state index in [1.807, 2.05) is 6.92 Å². The van der Waals surface area contributed by atoms with Crippen LogP contribution in [0.1, 0.15) is 11.1 Å². The van der Waals surface area contributed by atoms with Crippen molar-refractivity contribution in [1.82, 2.24) is 4.98 Å². The summed E-state index contributed by atoms with van der Waals surface area (Å²) in [5.41, 5.74) is 2.55. The number of aliphatic hydroxyl groups excluding tert-OH is 1. The highest BCUT2D eigenvalue weighted by Gasteiger charge is 2.05. The second-order valence-electron chi connectivity index (χ2n) is 3.28. The minimum Gasteiger partial charge on any atom is -0.508 e. The van der Waals surface area contributed by atoms with Crippen LogP contribution in [0.3, 0.4) is 0 Å². The molecule has 0 amide bonds. The predicted molar refractivity (Wildman–Crippen MR) is 54.1 cm³/mol. The number of aromatic nitrogens is 1. The Kier molecular flexibility index (Phi) is 2.09. The van der Waals surface area contributed by atoms with Crippen molar-refractivity contribution in [2.24, 2.45) is 0 Å². The summed E-state index contributed by atoms with van der Waals surface area (Å²) in [6.07, 6.45) is 1.73. The van der Waals surface area contributed by atoms with E-state index in [0.717, 1.165) is 22.0 Å². The molecule has 0 saturated carbocycles. The van der Waals surface area contributed by atoms with E-state index in [-0.39, 0.29) is 12.4 Å². The van der Waals surface area contributed by atoms with E-state index in [2.05, 4.69) is 4.98 Å². The molecule has 0 bridgehead atoms. The number of phenolic OH excluding ortho intramolecular Hbond substituents is 1. The molecule has 2 aromatic rings. The number of pyridine rings is 1. The summed E-state index contributed by atoms with van der Waals surface area (Å²) < 4.78 is 0. The molecule has 0 radical (unpaired) electrons. The fourth-order valence-electron chi connectivity index (χ4n) is 1.54. The summed E-state index contributed by atoms with van der Waals surface area (Å²) in [6.45, 7) is 1.86. The molecule has 3 nitrogen and oxygen atoms in total. The number of hydrogen-bond acceptors (Lipinski definition) is 3. The van der Waals surface area contributed by atoms with Gasteiger partial charge in [-0.15, -0.1) is 0 Å². The molecule has 1 aromatic heterocycles. The number of fused-ring (bicyclic) bond motifs is 1. The van der Waals surface area contributed by atoms with E-state index < -0.39 is 0 Å². The van der Waals surface area contributed by atoms with Gasteiger partial charge in [-0.05, 0) is 36.2 Å². The number of rotatable bonds is 1. The first kappa shape index (κ1) is 8.97. The van der Waals surface area contributed by atoms with E-state index in [9.17, 15) is 10.2 Å². The summed E-state index contributed by atoms with van der Waals surface area (Å²) in [6, 6.07) is 4.95. The van der Waals surface area contributed by atoms with E-state index >= 15 is 0 Å². The fraction of sp³-hybridized carbons (Fsp3) is 0.182. The summed E-state index contributed by atoms with van der Waals surface area (Å²) in [7, 11) is 0. The van der Waals surface area contributed by atoms with Gasteiger partial charge in [0.15, 0.2) is 0 Å². The summed E-state index contributed by atoms with van der Waals surface area (Å²) in [5.74, 6) is 0.194. The van der Waals surface area contributed by atoms with Gasteiger partial charge in [-0.25, -0.2) is 0 Å². The standard InChI is InChI=1S/C11H11NO2/c1-7-5-12-11-3-2-8(14)4-9(11)10(7)6-13/h2-5,13-14H,6H2,1H3. The van der Waals surface area contributed by atoms with Gasteiger partial charge in [0.1, 0.15) is 5.75 Å². The Morgan fingerprint density at radius 2 is 2.14 bits per heavy atom. The van der Waals surface area contributed by atoms with Crippen molar-refractivity contribution >= 4 is 10.9 Å². The third kappa shape index (κ3) is 1.32.